The van der Waals surface area contributed by atoms with Crippen molar-refractivity contribution in [1.82, 2.24) is 14.9 Å². The lowest BCUT2D eigenvalue weighted by atomic mass is 9.89. The minimum absolute atomic E-state index is 0.00973. The van der Waals surface area contributed by atoms with Crippen LogP contribution in [0.4, 0.5) is 0 Å². The van der Waals surface area contributed by atoms with E-state index >= 15 is 0 Å². The molecule has 3 heterocycles. The molecule has 0 bridgehead atoms. The van der Waals surface area contributed by atoms with Crippen molar-refractivity contribution in [3.05, 3.63) is 41.7 Å². The van der Waals surface area contributed by atoms with Crippen LogP contribution in [-0.4, -0.2) is 46.8 Å². The van der Waals surface area contributed by atoms with Crippen molar-refractivity contribution in [1.29, 1.82) is 0 Å². The maximum atomic E-state index is 12.9. The molecule has 2 aliphatic rings. The predicted octanol–water partition coefficient (Wildman–Crippen LogP) is 3.02. The smallest absolute Gasteiger partial charge is 0.231 e. The number of fused-ring (bicyclic) bond motifs is 1. The van der Waals surface area contributed by atoms with E-state index < -0.39 is 0 Å². The number of Topliss-reactive ketones (excluding diaryl/α,β-unsaturated/α-hetero) is 1. The first-order chi connectivity index (χ1) is 12.7. The molecule has 2 aromatic rings. The van der Waals surface area contributed by atoms with Crippen LogP contribution in [0.3, 0.4) is 0 Å². The van der Waals surface area contributed by atoms with Gasteiger partial charge in [-0.25, -0.2) is 9.97 Å². The number of carbonyl (C=O) groups excluding carboxylic acids is 1. The van der Waals surface area contributed by atoms with Gasteiger partial charge in [-0.2, -0.15) is 0 Å². The van der Waals surface area contributed by atoms with E-state index in [1.54, 1.807) is 6.07 Å². The van der Waals surface area contributed by atoms with Crippen LogP contribution in [0, 0.1) is 5.92 Å². The van der Waals surface area contributed by atoms with E-state index in [0.717, 1.165) is 43.2 Å². The SMILES string of the molecule is CSc1ncc(CN2CCC[C@H](C(=O)c3ccc4c(c3)OCO4)C2)cn1. The molecule has 0 saturated carbocycles. The first-order valence-electron chi connectivity index (χ1n) is 8.74. The first kappa shape index (κ1) is 17.3. The number of nitrogens with zero attached hydrogens (tertiary/aromatic N) is 3. The largest absolute Gasteiger partial charge is 0.454 e. The van der Waals surface area contributed by atoms with Crippen molar-refractivity contribution in [2.45, 2.75) is 24.5 Å². The minimum Gasteiger partial charge on any atom is -0.454 e. The van der Waals surface area contributed by atoms with Gasteiger partial charge in [-0.15, -0.1) is 0 Å². The zero-order valence-electron chi connectivity index (χ0n) is 14.7. The van der Waals surface area contributed by atoms with Crippen molar-refractivity contribution in [2.75, 3.05) is 26.1 Å². The third-order valence-electron chi connectivity index (χ3n) is 4.80. The summed E-state index contributed by atoms with van der Waals surface area (Å²) in [5.74, 6) is 1.56. The van der Waals surface area contributed by atoms with Crippen molar-refractivity contribution >= 4 is 17.5 Å². The van der Waals surface area contributed by atoms with E-state index in [1.807, 2.05) is 30.8 Å². The van der Waals surface area contributed by atoms with Gasteiger partial charge in [0.05, 0.1) is 0 Å². The number of piperidine rings is 1. The molecule has 0 radical (unpaired) electrons. The summed E-state index contributed by atoms with van der Waals surface area (Å²) >= 11 is 1.53. The van der Waals surface area contributed by atoms with Crippen molar-refractivity contribution in [2.24, 2.45) is 5.92 Å². The molecule has 0 N–H and O–H groups in total. The fourth-order valence-corrected chi connectivity index (χ4v) is 3.80. The van der Waals surface area contributed by atoms with Gasteiger partial charge in [-0.1, -0.05) is 11.8 Å². The first-order valence-corrected chi connectivity index (χ1v) is 9.96. The topological polar surface area (TPSA) is 64.6 Å². The lowest BCUT2D eigenvalue weighted by molar-refractivity contribution is 0.0811. The standard InChI is InChI=1S/C19H21N3O3S/c1-26-19-20-8-13(9-21-19)10-22-6-2-3-15(11-22)18(23)14-4-5-16-17(7-14)25-12-24-16/h4-5,7-9,15H,2-3,6,10-12H2,1H3/t15-/m0/s1. The number of rotatable bonds is 5. The summed E-state index contributed by atoms with van der Waals surface area (Å²) in [6.07, 6.45) is 7.66. The number of ketones is 1. The molecule has 0 amide bonds. The maximum absolute atomic E-state index is 12.9. The van der Waals surface area contributed by atoms with Crippen LogP contribution >= 0.6 is 11.8 Å². The van der Waals surface area contributed by atoms with Gasteiger partial charge in [0.2, 0.25) is 6.79 Å². The average Bonchev–Trinajstić information content (AvgIpc) is 3.16. The molecule has 2 aliphatic heterocycles. The summed E-state index contributed by atoms with van der Waals surface area (Å²) in [7, 11) is 0. The van der Waals surface area contributed by atoms with Crippen LogP contribution in [0.2, 0.25) is 0 Å². The maximum Gasteiger partial charge on any atom is 0.231 e. The molecule has 0 unspecified atom stereocenters. The molecule has 1 aromatic carbocycles. The molecule has 1 atom stereocenters. The molecule has 6 nitrogen and oxygen atoms in total. The van der Waals surface area contributed by atoms with Gasteiger partial charge in [0.15, 0.2) is 22.4 Å². The van der Waals surface area contributed by atoms with Crippen LogP contribution in [0.25, 0.3) is 0 Å². The second kappa shape index (κ2) is 7.63. The Morgan fingerprint density at radius 3 is 2.88 bits per heavy atom. The Labute approximate surface area is 156 Å². The zero-order chi connectivity index (χ0) is 17.9. The van der Waals surface area contributed by atoms with Gasteiger partial charge >= 0.3 is 0 Å². The Balaban J connectivity index is 1.41. The van der Waals surface area contributed by atoms with E-state index in [-0.39, 0.29) is 18.5 Å². The van der Waals surface area contributed by atoms with Crippen molar-refractivity contribution in [3.63, 3.8) is 0 Å². The normalized spacial score (nSPS) is 19.5. The highest BCUT2D eigenvalue weighted by Crippen LogP contribution is 2.34. The van der Waals surface area contributed by atoms with Gasteiger partial charge in [0.25, 0.3) is 0 Å². The van der Waals surface area contributed by atoms with Crippen LogP contribution in [-0.2, 0) is 6.54 Å². The van der Waals surface area contributed by atoms with Gasteiger partial charge in [0.1, 0.15) is 0 Å². The summed E-state index contributed by atoms with van der Waals surface area (Å²) in [6.45, 7) is 2.76. The third-order valence-corrected chi connectivity index (χ3v) is 5.38. The van der Waals surface area contributed by atoms with Crippen molar-refractivity contribution < 1.29 is 14.3 Å². The zero-order valence-corrected chi connectivity index (χ0v) is 15.5. The van der Waals surface area contributed by atoms with E-state index in [1.165, 1.54) is 11.8 Å². The summed E-state index contributed by atoms with van der Waals surface area (Å²) < 4.78 is 10.7. The molecule has 1 saturated heterocycles. The lowest BCUT2D eigenvalue weighted by Crippen LogP contribution is -2.38. The Morgan fingerprint density at radius 1 is 1.27 bits per heavy atom. The van der Waals surface area contributed by atoms with Crippen molar-refractivity contribution in [3.8, 4) is 11.5 Å². The van der Waals surface area contributed by atoms with E-state index in [9.17, 15) is 4.79 Å². The lowest BCUT2D eigenvalue weighted by Gasteiger charge is -2.31. The average molecular weight is 371 g/mol. The quantitative estimate of drug-likeness (QED) is 0.455. The molecule has 26 heavy (non-hydrogen) atoms. The Hall–Kier alpha value is -2.12. The molecular formula is C19H21N3O3S. The Kier molecular flexibility index (Phi) is 5.08. The van der Waals surface area contributed by atoms with Crippen LogP contribution in [0.15, 0.2) is 35.7 Å². The van der Waals surface area contributed by atoms with Gasteiger partial charge in [-0.3, -0.25) is 9.69 Å². The number of hydrogen-bond donors (Lipinski definition) is 0. The number of aromatic nitrogens is 2. The van der Waals surface area contributed by atoms with Crippen LogP contribution in [0.1, 0.15) is 28.8 Å². The highest BCUT2D eigenvalue weighted by molar-refractivity contribution is 7.98. The Bertz CT molecular complexity index is 797. The molecule has 1 aromatic heterocycles. The van der Waals surface area contributed by atoms with Crippen LogP contribution < -0.4 is 9.47 Å². The second-order valence-electron chi connectivity index (χ2n) is 6.58. The highest BCUT2D eigenvalue weighted by Gasteiger charge is 2.28. The number of likely N-dealkylation sites (tertiary alicyclic amines) is 1. The van der Waals surface area contributed by atoms with E-state index in [4.69, 9.17) is 9.47 Å². The number of ether oxygens (including phenoxy) is 2. The number of hydrogen-bond acceptors (Lipinski definition) is 7. The molecule has 0 aliphatic carbocycles. The molecular weight excluding hydrogens is 350 g/mol. The predicted molar refractivity (Wildman–Crippen MR) is 98.7 cm³/mol. The van der Waals surface area contributed by atoms with Crippen LogP contribution in [0.5, 0.6) is 11.5 Å². The molecule has 136 valence electrons. The fourth-order valence-electron chi connectivity index (χ4n) is 3.49. The Morgan fingerprint density at radius 2 is 2.08 bits per heavy atom. The summed E-state index contributed by atoms with van der Waals surface area (Å²) in [5.41, 5.74) is 1.78. The third kappa shape index (κ3) is 3.68. The highest BCUT2D eigenvalue weighted by atomic mass is 32.2. The fraction of sp³-hybridized carbons (Fsp3) is 0.421. The summed E-state index contributed by atoms with van der Waals surface area (Å²) in [6, 6.07) is 5.46. The second-order valence-corrected chi connectivity index (χ2v) is 7.36. The molecule has 4 rings (SSSR count). The number of benzene rings is 1. The molecule has 1 fully saturated rings. The summed E-state index contributed by atoms with van der Waals surface area (Å²) in [5, 5.41) is 0.781. The van der Waals surface area contributed by atoms with E-state index in [0.29, 0.717) is 17.1 Å². The monoisotopic (exact) mass is 371 g/mol. The van der Waals surface area contributed by atoms with Gasteiger partial charge < -0.3 is 9.47 Å². The van der Waals surface area contributed by atoms with Gasteiger partial charge in [0, 0.05) is 42.5 Å². The summed E-state index contributed by atoms with van der Waals surface area (Å²) in [4.78, 5) is 23.9. The number of thioether (sulfide) groups is 1. The van der Waals surface area contributed by atoms with Gasteiger partial charge in [-0.05, 0) is 43.8 Å². The molecule has 7 heteroatoms. The molecule has 0 spiro atoms. The number of carbonyl (C=O) groups is 1. The van der Waals surface area contributed by atoms with E-state index in [2.05, 4.69) is 14.9 Å². The minimum atomic E-state index is 0.00973.